The number of aryl methyl sites for hydroxylation is 1. The Bertz CT molecular complexity index is 1270. The average molecular weight is 546 g/mol. The predicted molar refractivity (Wildman–Crippen MR) is 157 cm³/mol. The van der Waals surface area contributed by atoms with Crippen molar-refractivity contribution in [1.29, 1.82) is 0 Å². The number of ketones is 1. The molecule has 1 aliphatic rings. The van der Waals surface area contributed by atoms with Crippen LogP contribution in [0.5, 0.6) is 5.75 Å². The zero-order valence-corrected chi connectivity index (χ0v) is 24.4. The fourth-order valence-electron chi connectivity index (χ4n) is 5.28. The second kappa shape index (κ2) is 12.8. The van der Waals surface area contributed by atoms with Gasteiger partial charge in [0, 0.05) is 36.0 Å². The van der Waals surface area contributed by atoms with Crippen molar-refractivity contribution < 1.29 is 19.1 Å². The van der Waals surface area contributed by atoms with Crippen LogP contribution in [0.15, 0.2) is 77.7 Å². The molecular weight excluding hydrogens is 506 g/mol. The van der Waals surface area contributed by atoms with E-state index in [1.54, 1.807) is 32.5 Å². The van der Waals surface area contributed by atoms with Crippen LogP contribution in [0.2, 0.25) is 0 Å². The summed E-state index contributed by atoms with van der Waals surface area (Å²) < 4.78 is 11.2. The number of benzene rings is 3. The van der Waals surface area contributed by atoms with Gasteiger partial charge in [0.25, 0.3) is 0 Å². The molecule has 2 unspecified atom stereocenters. The van der Waals surface area contributed by atoms with Gasteiger partial charge in [0.1, 0.15) is 5.75 Å². The smallest absolute Gasteiger partial charge is 0.349 e. The molecule has 0 aromatic heterocycles. The molecule has 39 heavy (non-hydrogen) atoms. The first-order chi connectivity index (χ1) is 18.7. The van der Waals surface area contributed by atoms with E-state index in [2.05, 4.69) is 41.3 Å². The van der Waals surface area contributed by atoms with Gasteiger partial charge in [-0.2, -0.15) is 0 Å². The van der Waals surface area contributed by atoms with Gasteiger partial charge in [-0.15, -0.1) is 11.8 Å². The molecule has 1 saturated heterocycles. The molecule has 0 aliphatic carbocycles. The summed E-state index contributed by atoms with van der Waals surface area (Å²) in [7, 11) is 0. The quantitative estimate of drug-likeness (QED) is 0.154. The zero-order chi connectivity index (χ0) is 28.0. The molecule has 0 saturated carbocycles. The van der Waals surface area contributed by atoms with E-state index in [9.17, 15) is 9.59 Å². The highest BCUT2D eigenvalue weighted by molar-refractivity contribution is 7.98. The van der Waals surface area contributed by atoms with Crippen molar-refractivity contribution in [3.05, 3.63) is 95.1 Å². The lowest BCUT2D eigenvalue weighted by Gasteiger charge is -2.25. The molecule has 1 aliphatic heterocycles. The van der Waals surface area contributed by atoms with Gasteiger partial charge in [-0.3, -0.25) is 9.69 Å². The first-order valence-corrected chi connectivity index (χ1v) is 14.8. The Morgan fingerprint density at radius 3 is 2.33 bits per heavy atom. The fraction of sp³-hybridized carbons (Fsp3) is 0.394. The molecule has 0 amide bonds. The number of hydrogen-bond acceptors (Lipinski definition) is 6. The molecule has 0 radical (unpaired) electrons. The molecule has 1 fully saturated rings. The van der Waals surface area contributed by atoms with Crippen molar-refractivity contribution in [3.8, 4) is 5.75 Å². The lowest BCUT2D eigenvalue weighted by Crippen LogP contribution is -2.39. The molecule has 3 aromatic rings. The molecule has 2 atom stereocenters. The number of likely N-dealkylation sites (tertiary alicyclic amines) is 1. The fourth-order valence-corrected chi connectivity index (χ4v) is 5.69. The Labute approximate surface area is 236 Å². The standard InChI is InChI=1S/C33H39NO4S/c1-6-37-32(36)33(3,4)38-30-17-12-25(18-23(30)2)19-27-21-34(20-24-10-8-7-9-11-24)22-29(27)31(35)26-13-15-28(39-5)16-14-26/h7-18,27,29H,6,19-22H2,1-5H3. The molecule has 0 bridgehead atoms. The van der Waals surface area contributed by atoms with Crippen molar-refractivity contribution >= 4 is 23.5 Å². The Morgan fingerprint density at radius 2 is 1.69 bits per heavy atom. The number of rotatable bonds is 11. The third-order valence-corrected chi connectivity index (χ3v) is 8.09. The van der Waals surface area contributed by atoms with Crippen LogP contribution in [0.25, 0.3) is 0 Å². The highest BCUT2D eigenvalue weighted by atomic mass is 32.2. The molecule has 6 heteroatoms. The summed E-state index contributed by atoms with van der Waals surface area (Å²) in [4.78, 5) is 29.6. The number of esters is 1. The minimum absolute atomic E-state index is 0.0761. The monoisotopic (exact) mass is 545 g/mol. The van der Waals surface area contributed by atoms with Crippen molar-refractivity contribution in [2.45, 2.75) is 51.2 Å². The van der Waals surface area contributed by atoms with Crippen LogP contribution in [0.4, 0.5) is 0 Å². The second-order valence-electron chi connectivity index (χ2n) is 10.8. The van der Waals surface area contributed by atoms with E-state index in [-0.39, 0.29) is 23.6 Å². The largest absolute Gasteiger partial charge is 0.476 e. The van der Waals surface area contributed by atoms with Crippen LogP contribution in [-0.2, 0) is 22.5 Å². The SMILES string of the molecule is CCOC(=O)C(C)(C)Oc1ccc(CC2CN(Cc3ccccc3)CC2C(=O)c2ccc(SC)cc2)cc1C. The number of thioether (sulfide) groups is 1. The molecule has 206 valence electrons. The Balaban J connectivity index is 1.52. The summed E-state index contributed by atoms with van der Waals surface area (Å²) in [5.41, 5.74) is 3.09. The van der Waals surface area contributed by atoms with E-state index >= 15 is 0 Å². The second-order valence-corrected chi connectivity index (χ2v) is 11.7. The van der Waals surface area contributed by atoms with Crippen LogP contribution >= 0.6 is 11.8 Å². The van der Waals surface area contributed by atoms with E-state index < -0.39 is 5.60 Å². The minimum Gasteiger partial charge on any atom is -0.476 e. The van der Waals surface area contributed by atoms with Crippen molar-refractivity contribution in [1.82, 2.24) is 4.90 Å². The molecule has 0 spiro atoms. The Hall–Kier alpha value is -3.09. The van der Waals surface area contributed by atoms with Gasteiger partial charge in [0.2, 0.25) is 0 Å². The average Bonchev–Trinajstić information content (AvgIpc) is 3.32. The van der Waals surface area contributed by atoms with Gasteiger partial charge in [0.05, 0.1) is 6.61 Å². The van der Waals surface area contributed by atoms with E-state index in [0.717, 1.165) is 47.6 Å². The van der Waals surface area contributed by atoms with E-state index in [4.69, 9.17) is 9.47 Å². The van der Waals surface area contributed by atoms with E-state index in [1.807, 2.05) is 49.6 Å². The van der Waals surface area contributed by atoms with Crippen LogP contribution in [-0.4, -0.2) is 48.2 Å². The highest BCUT2D eigenvalue weighted by Crippen LogP contribution is 2.33. The minimum atomic E-state index is -1.07. The zero-order valence-electron chi connectivity index (χ0n) is 23.6. The Kier molecular flexibility index (Phi) is 9.52. The van der Waals surface area contributed by atoms with Crippen molar-refractivity contribution in [3.63, 3.8) is 0 Å². The summed E-state index contributed by atoms with van der Waals surface area (Å²) in [5, 5.41) is 0. The van der Waals surface area contributed by atoms with Gasteiger partial charge in [-0.1, -0.05) is 54.6 Å². The van der Waals surface area contributed by atoms with E-state index in [0.29, 0.717) is 12.4 Å². The third-order valence-electron chi connectivity index (χ3n) is 7.35. The van der Waals surface area contributed by atoms with Gasteiger partial charge >= 0.3 is 5.97 Å². The third kappa shape index (κ3) is 7.31. The maximum absolute atomic E-state index is 13.7. The summed E-state index contributed by atoms with van der Waals surface area (Å²) in [5.74, 6) is 0.618. The van der Waals surface area contributed by atoms with Gasteiger partial charge in [-0.05, 0) is 81.2 Å². The number of carbonyl (C=O) groups is 2. The molecule has 3 aromatic carbocycles. The maximum Gasteiger partial charge on any atom is 0.349 e. The highest BCUT2D eigenvalue weighted by Gasteiger charge is 2.38. The molecule has 4 rings (SSSR count). The summed E-state index contributed by atoms with van der Waals surface area (Å²) in [6.07, 6.45) is 2.84. The maximum atomic E-state index is 13.7. The molecule has 0 N–H and O–H groups in total. The van der Waals surface area contributed by atoms with E-state index in [1.165, 1.54) is 5.56 Å². The van der Waals surface area contributed by atoms with Gasteiger partial charge < -0.3 is 9.47 Å². The van der Waals surface area contributed by atoms with Crippen LogP contribution in [0.3, 0.4) is 0 Å². The number of ether oxygens (including phenoxy) is 2. The summed E-state index contributed by atoms with van der Waals surface area (Å²) in [6.45, 7) is 9.98. The van der Waals surface area contributed by atoms with Gasteiger partial charge in [-0.25, -0.2) is 4.79 Å². The summed E-state index contributed by atoms with van der Waals surface area (Å²) >= 11 is 1.68. The molecule has 1 heterocycles. The predicted octanol–water partition coefficient (Wildman–Crippen LogP) is 6.61. The van der Waals surface area contributed by atoms with Gasteiger partial charge in [0.15, 0.2) is 11.4 Å². The lowest BCUT2D eigenvalue weighted by molar-refractivity contribution is -0.158. The Morgan fingerprint density at radius 1 is 0.974 bits per heavy atom. The normalized spacial score (nSPS) is 17.7. The number of nitrogens with zero attached hydrogens (tertiary/aromatic N) is 1. The number of Topliss-reactive ketones (excluding diaryl/α,β-unsaturated/α-hetero) is 1. The molecular formula is C33H39NO4S. The topological polar surface area (TPSA) is 55.8 Å². The molecule has 5 nitrogen and oxygen atoms in total. The summed E-state index contributed by atoms with van der Waals surface area (Å²) in [6, 6.07) is 24.5. The van der Waals surface area contributed by atoms with Crippen LogP contribution in [0, 0.1) is 18.8 Å². The first-order valence-electron chi connectivity index (χ1n) is 13.6. The first kappa shape index (κ1) is 28.9. The van der Waals surface area contributed by atoms with Crippen LogP contribution < -0.4 is 4.74 Å². The van der Waals surface area contributed by atoms with Crippen molar-refractivity contribution in [2.24, 2.45) is 11.8 Å². The van der Waals surface area contributed by atoms with Crippen LogP contribution in [0.1, 0.15) is 47.8 Å². The number of carbonyl (C=O) groups excluding carboxylic acids is 2. The van der Waals surface area contributed by atoms with Crippen molar-refractivity contribution in [2.75, 3.05) is 26.0 Å². The lowest BCUT2D eigenvalue weighted by atomic mass is 9.84. The number of hydrogen-bond donors (Lipinski definition) is 0.